The Morgan fingerprint density at radius 3 is 2.69 bits per heavy atom. The van der Waals surface area contributed by atoms with Crippen molar-refractivity contribution in [1.82, 2.24) is 24.9 Å². The lowest BCUT2D eigenvalue weighted by Gasteiger charge is -2.23. The van der Waals surface area contributed by atoms with Gasteiger partial charge in [-0.2, -0.15) is 19.6 Å². The van der Waals surface area contributed by atoms with E-state index in [-0.39, 0.29) is 12.1 Å². The van der Waals surface area contributed by atoms with Gasteiger partial charge in [-0.3, -0.25) is 0 Å². The van der Waals surface area contributed by atoms with Crippen LogP contribution in [0.5, 0.6) is 6.01 Å². The number of benzene rings is 1. The molecule has 2 N–H and O–H groups in total. The lowest BCUT2D eigenvalue weighted by Crippen LogP contribution is -2.37. The number of rotatable bonds is 6. The van der Waals surface area contributed by atoms with E-state index in [1.807, 2.05) is 30.5 Å². The molecule has 1 fully saturated rings. The van der Waals surface area contributed by atoms with Crippen molar-refractivity contribution >= 4 is 23.2 Å². The number of nitrogens with one attached hydrogen (secondary N) is 2. The number of aromatic nitrogens is 4. The Balaban J connectivity index is 1.67. The van der Waals surface area contributed by atoms with Gasteiger partial charge in [0, 0.05) is 17.1 Å². The van der Waals surface area contributed by atoms with Gasteiger partial charge in [-0.15, -0.1) is 0 Å². The zero-order valence-electron chi connectivity index (χ0n) is 17.0. The molecule has 8 heteroatoms. The number of hydrogen-bond donors (Lipinski definition) is 2. The molecule has 0 amide bonds. The van der Waals surface area contributed by atoms with E-state index in [2.05, 4.69) is 46.5 Å². The summed E-state index contributed by atoms with van der Waals surface area (Å²) >= 11 is 6.02. The van der Waals surface area contributed by atoms with Crippen LogP contribution in [0, 0.1) is 0 Å². The summed E-state index contributed by atoms with van der Waals surface area (Å²) in [6, 6.07) is 8.19. The molecule has 0 aliphatic carbocycles. The molecule has 1 saturated heterocycles. The number of hydrogen-bond acceptors (Lipinski definition) is 6. The van der Waals surface area contributed by atoms with Crippen LogP contribution in [0.4, 0.5) is 5.95 Å². The van der Waals surface area contributed by atoms with E-state index in [0.29, 0.717) is 17.9 Å². The third kappa shape index (κ3) is 4.46. The van der Waals surface area contributed by atoms with Gasteiger partial charge in [0.05, 0.1) is 12.2 Å². The average Bonchev–Trinajstić information content (AvgIpc) is 3.14. The lowest BCUT2D eigenvalue weighted by molar-refractivity contribution is 0.153. The molecule has 0 spiro atoms. The van der Waals surface area contributed by atoms with Gasteiger partial charge in [0.1, 0.15) is 6.10 Å². The number of halogens is 1. The molecule has 4 rings (SSSR count). The van der Waals surface area contributed by atoms with Crippen LogP contribution in [0.1, 0.15) is 56.7 Å². The number of anilines is 1. The summed E-state index contributed by atoms with van der Waals surface area (Å²) in [6.07, 6.45) is 4.04. The zero-order valence-corrected chi connectivity index (χ0v) is 17.8. The summed E-state index contributed by atoms with van der Waals surface area (Å²) in [5, 5.41) is 12.1. The molecular formula is C21H27ClN6O. The third-order valence-electron chi connectivity index (χ3n) is 5.24. The summed E-state index contributed by atoms with van der Waals surface area (Å²) < 4.78 is 7.89. The van der Waals surface area contributed by atoms with E-state index in [4.69, 9.17) is 16.3 Å². The van der Waals surface area contributed by atoms with E-state index in [1.165, 1.54) is 0 Å². The minimum absolute atomic E-state index is 0.0151. The molecule has 1 aliphatic rings. The van der Waals surface area contributed by atoms with Crippen molar-refractivity contribution in [2.24, 2.45) is 0 Å². The standard InChI is InChI=1S/C21H27ClN6O/c1-13(2)18-12-24-28-19(18)26-21(29-17-5-4-10-23-11-17)27-20(28)25-14(3)15-6-8-16(22)9-7-15/h6-9,12-14,17,23H,4-5,10-11H2,1-3H3,(H,25,26,27)/t14-,17+/m0/s1. The van der Waals surface area contributed by atoms with E-state index in [0.717, 1.165) is 47.7 Å². The molecule has 3 aromatic rings. The second kappa shape index (κ2) is 8.55. The largest absolute Gasteiger partial charge is 0.459 e. The van der Waals surface area contributed by atoms with Crippen molar-refractivity contribution in [3.63, 3.8) is 0 Å². The van der Waals surface area contributed by atoms with Crippen molar-refractivity contribution in [3.8, 4) is 6.01 Å². The van der Waals surface area contributed by atoms with Crippen molar-refractivity contribution in [3.05, 3.63) is 46.6 Å². The molecule has 0 radical (unpaired) electrons. The molecule has 0 bridgehead atoms. The predicted octanol–water partition coefficient (Wildman–Crippen LogP) is 4.21. The molecule has 1 aromatic carbocycles. The molecule has 1 aliphatic heterocycles. The molecule has 2 aromatic heterocycles. The fourth-order valence-electron chi connectivity index (χ4n) is 3.53. The van der Waals surface area contributed by atoms with Gasteiger partial charge >= 0.3 is 6.01 Å². The first-order valence-corrected chi connectivity index (χ1v) is 10.5. The molecular weight excluding hydrogens is 388 g/mol. The van der Waals surface area contributed by atoms with Gasteiger partial charge in [0.2, 0.25) is 5.95 Å². The van der Waals surface area contributed by atoms with Crippen LogP contribution in [0.3, 0.4) is 0 Å². The predicted molar refractivity (Wildman–Crippen MR) is 115 cm³/mol. The van der Waals surface area contributed by atoms with Crippen molar-refractivity contribution in [1.29, 1.82) is 0 Å². The topological polar surface area (TPSA) is 76.4 Å². The SMILES string of the molecule is CC(C)c1cnn2c(N[C@@H](C)c3ccc(Cl)cc3)nc(O[C@@H]3CCCNC3)nc12. The Morgan fingerprint density at radius 1 is 1.21 bits per heavy atom. The highest BCUT2D eigenvalue weighted by atomic mass is 35.5. The van der Waals surface area contributed by atoms with Crippen molar-refractivity contribution in [2.75, 3.05) is 18.4 Å². The number of ether oxygens (including phenoxy) is 1. The Morgan fingerprint density at radius 2 is 2.00 bits per heavy atom. The second-order valence-electron chi connectivity index (χ2n) is 7.82. The average molecular weight is 415 g/mol. The number of nitrogens with zero attached hydrogens (tertiary/aromatic N) is 4. The minimum atomic E-state index is 0.0151. The van der Waals surface area contributed by atoms with Gasteiger partial charge in [0.15, 0.2) is 5.65 Å². The fraction of sp³-hybridized carbons (Fsp3) is 0.476. The van der Waals surface area contributed by atoms with Gasteiger partial charge in [-0.25, -0.2) is 0 Å². The first-order valence-electron chi connectivity index (χ1n) is 10.2. The fourth-order valence-corrected chi connectivity index (χ4v) is 3.65. The van der Waals surface area contributed by atoms with Crippen LogP contribution in [0.2, 0.25) is 5.02 Å². The van der Waals surface area contributed by atoms with Gasteiger partial charge < -0.3 is 15.4 Å². The number of piperidine rings is 1. The maximum atomic E-state index is 6.13. The van der Waals surface area contributed by atoms with E-state index < -0.39 is 0 Å². The van der Waals surface area contributed by atoms with Crippen molar-refractivity contribution in [2.45, 2.75) is 51.7 Å². The summed E-state index contributed by atoms with van der Waals surface area (Å²) in [6.45, 7) is 8.19. The first-order chi connectivity index (χ1) is 14.0. The van der Waals surface area contributed by atoms with E-state index >= 15 is 0 Å². The zero-order chi connectivity index (χ0) is 20.4. The van der Waals surface area contributed by atoms with Gasteiger partial charge in [0.25, 0.3) is 0 Å². The normalized spacial score (nSPS) is 18.2. The van der Waals surface area contributed by atoms with Crippen LogP contribution >= 0.6 is 11.6 Å². The first kappa shape index (κ1) is 19.9. The summed E-state index contributed by atoms with van der Waals surface area (Å²) in [4.78, 5) is 9.34. The summed E-state index contributed by atoms with van der Waals surface area (Å²) in [5.41, 5.74) is 2.96. The van der Waals surface area contributed by atoms with Crippen LogP contribution < -0.4 is 15.4 Å². The summed E-state index contributed by atoms with van der Waals surface area (Å²) in [5.74, 6) is 0.913. The number of fused-ring (bicyclic) bond motifs is 1. The highest BCUT2D eigenvalue weighted by Gasteiger charge is 2.21. The van der Waals surface area contributed by atoms with Crippen molar-refractivity contribution < 1.29 is 4.74 Å². The minimum Gasteiger partial charge on any atom is -0.459 e. The summed E-state index contributed by atoms with van der Waals surface area (Å²) in [7, 11) is 0. The Bertz CT molecular complexity index is 965. The highest BCUT2D eigenvalue weighted by molar-refractivity contribution is 6.30. The molecule has 29 heavy (non-hydrogen) atoms. The quantitative estimate of drug-likeness (QED) is 0.629. The Labute approximate surface area is 175 Å². The lowest BCUT2D eigenvalue weighted by atomic mass is 10.1. The van der Waals surface area contributed by atoms with Crippen LogP contribution in [0.15, 0.2) is 30.5 Å². The Hall–Kier alpha value is -2.38. The molecule has 0 unspecified atom stereocenters. The van der Waals surface area contributed by atoms with E-state index in [1.54, 1.807) is 4.52 Å². The van der Waals surface area contributed by atoms with E-state index in [9.17, 15) is 0 Å². The van der Waals surface area contributed by atoms with Gasteiger partial charge in [-0.05, 0) is 49.9 Å². The maximum absolute atomic E-state index is 6.13. The smallest absolute Gasteiger partial charge is 0.322 e. The Kier molecular flexibility index (Phi) is 5.87. The molecule has 2 atom stereocenters. The van der Waals surface area contributed by atoms with Crippen LogP contribution in [0.25, 0.3) is 5.65 Å². The maximum Gasteiger partial charge on any atom is 0.322 e. The molecule has 154 valence electrons. The highest BCUT2D eigenvalue weighted by Crippen LogP contribution is 2.26. The van der Waals surface area contributed by atoms with Crippen LogP contribution in [-0.2, 0) is 0 Å². The third-order valence-corrected chi connectivity index (χ3v) is 5.49. The molecule has 7 nitrogen and oxygen atoms in total. The van der Waals surface area contributed by atoms with Gasteiger partial charge in [-0.1, -0.05) is 37.6 Å². The molecule has 3 heterocycles. The molecule has 0 saturated carbocycles. The second-order valence-corrected chi connectivity index (χ2v) is 8.26. The van der Waals surface area contributed by atoms with Crippen LogP contribution in [-0.4, -0.2) is 38.8 Å². The monoisotopic (exact) mass is 414 g/mol.